The van der Waals surface area contributed by atoms with E-state index in [0.29, 0.717) is 11.3 Å². The van der Waals surface area contributed by atoms with Crippen LogP contribution in [-0.4, -0.2) is 24.0 Å². The van der Waals surface area contributed by atoms with E-state index in [0.717, 1.165) is 5.56 Å². The third-order valence-corrected chi connectivity index (χ3v) is 2.71. The summed E-state index contributed by atoms with van der Waals surface area (Å²) in [5, 5.41) is 12.8. The van der Waals surface area contributed by atoms with Gasteiger partial charge in [0, 0.05) is 13.5 Å². The van der Waals surface area contributed by atoms with E-state index in [1.54, 1.807) is 13.1 Å². The Balaban J connectivity index is 2.59. The Morgan fingerprint density at radius 1 is 1.57 bits per heavy atom. The van der Waals surface area contributed by atoms with Gasteiger partial charge in [0.1, 0.15) is 0 Å². The molecule has 0 aliphatic carbocycles. The molecule has 1 heterocycles. The monoisotopic (exact) mass is 213 g/mol. The van der Waals surface area contributed by atoms with Crippen molar-refractivity contribution >= 4 is 23.2 Å². The maximum absolute atomic E-state index is 11.1. The van der Waals surface area contributed by atoms with Gasteiger partial charge in [-0.3, -0.25) is 9.59 Å². The van der Waals surface area contributed by atoms with Crippen LogP contribution in [0.1, 0.15) is 21.7 Å². The summed E-state index contributed by atoms with van der Waals surface area (Å²) >= 11 is 1.33. The zero-order valence-corrected chi connectivity index (χ0v) is 8.56. The second-order valence-corrected chi connectivity index (χ2v) is 3.70. The molecule has 2 N–H and O–H groups in total. The second-order valence-electron chi connectivity index (χ2n) is 2.79. The van der Waals surface area contributed by atoms with Gasteiger partial charge in [-0.15, -0.1) is 11.3 Å². The van der Waals surface area contributed by atoms with E-state index in [9.17, 15) is 9.59 Å². The summed E-state index contributed by atoms with van der Waals surface area (Å²) in [5.41, 5.74) is 0.899. The fraction of sp³-hybridized carbons (Fsp3) is 0.333. The third-order valence-electron chi connectivity index (χ3n) is 1.73. The molecule has 4 nitrogen and oxygen atoms in total. The predicted octanol–water partition coefficient (Wildman–Crippen LogP) is 1.12. The number of carboxylic acid groups (broad SMARTS) is 1. The van der Waals surface area contributed by atoms with Crippen molar-refractivity contribution in [3.8, 4) is 0 Å². The molecular weight excluding hydrogens is 202 g/mol. The molecule has 0 unspecified atom stereocenters. The summed E-state index contributed by atoms with van der Waals surface area (Å²) in [5.74, 6) is -0.950. The molecule has 14 heavy (non-hydrogen) atoms. The van der Waals surface area contributed by atoms with Crippen molar-refractivity contribution < 1.29 is 14.7 Å². The van der Waals surface area contributed by atoms with Gasteiger partial charge < -0.3 is 10.4 Å². The topological polar surface area (TPSA) is 66.4 Å². The lowest BCUT2D eigenvalue weighted by Gasteiger charge is -1.93. The van der Waals surface area contributed by atoms with E-state index in [-0.39, 0.29) is 12.3 Å². The quantitative estimate of drug-likeness (QED) is 0.787. The molecule has 0 fully saturated rings. The van der Waals surface area contributed by atoms with Crippen molar-refractivity contribution in [1.82, 2.24) is 5.32 Å². The number of aryl methyl sites for hydroxylation is 1. The summed E-state index contributed by atoms with van der Waals surface area (Å²) in [6.07, 6.45) is 0.576. The molecule has 0 saturated carbocycles. The Labute approximate surface area is 85.6 Å². The number of amides is 1. The van der Waals surface area contributed by atoms with Crippen LogP contribution in [-0.2, 0) is 11.2 Å². The van der Waals surface area contributed by atoms with Gasteiger partial charge in [-0.25, -0.2) is 0 Å². The molecule has 0 atom stereocenters. The summed E-state index contributed by atoms with van der Waals surface area (Å²) in [4.78, 5) is 22.1. The molecule has 0 bridgehead atoms. The number of nitrogens with one attached hydrogen (secondary N) is 1. The Kier molecular flexibility index (Phi) is 3.64. The average Bonchev–Trinajstić information content (AvgIpc) is 2.62. The molecular formula is C9H11NO3S. The van der Waals surface area contributed by atoms with Gasteiger partial charge in [-0.2, -0.15) is 0 Å². The Bertz CT molecular complexity index is 346. The first kappa shape index (κ1) is 10.7. The average molecular weight is 213 g/mol. The first-order chi connectivity index (χ1) is 6.63. The zero-order chi connectivity index (χ0) is 10.6. The molecule has 0 aliphatic heterocycles. The summed E-state index contributed by atoms with van der Waals surface area (Å²) < 4.78 is 0. The molecule has 0 spiro atoms. The number of carbonyl (C=O) groups is 2. The highest BCUT2D eigenvalue weighted by molar-refractivity contribution is 7.12. The first-order valence-electron chi connectivity index (χ1n) is 4.14. The predicted molar refractivity (Wildman–Crippen MR) is 53.7 cm³/mol. The van der Waals surface area contributed by atoms with Crippen LogP contribution in [0, 0.1) is 0 Å². The lowest BCUT2D eigenvalue weighted by molar-refractivity contribution is -0.136. The van der Waals surface area contributed by atoms with E-state index in [4.69, 9.17) is 5.11 Å². The van der Waals surface area contributed by atoms with E-state index in [1.165, 1.54) is 11.3 Å². The number of carbonyl (C=O) groups excluding carboxylic acids is 1. The Hall–Kier alpha value is -1.36. The fourth-order valence-electron chi connectivity index (χ4n) is 1.00. The summed E-state index contributed by atoms with van der Waals surface area (Å²) in [7, 11) is 1.57. The van der Waals surface area contributed by atoms with Crippen LogP contribution in [0.5, 0.6) is 0 Å². The standard InChI is InChI=1S/C9H11NO3S/c1-10-9(13)7-4-6(5-14-7)2-3-8(11)12/h4-5H,2-3H2,1H3,(H,10,13)(H,11,12). The Morgan fingerprint density at radius 3 is 2.86 bits per heavy atom. The zero-order valence-electron chi connectivity index (χ0n) is 7.74. The third kappa shape index (κ3) is 2.85. The number of carboxylic acids is 1. The van der Waals surface area contributed by atoms with Gasteiger partial charge in [0.25, 0.3) is 5.91 Å². The van der Waals surface area contributed by atoms with Crippen molar-refractivity contribution in [2.45, 2.75) is 12.8 Å². The minimum Gasteiger partial charge on any atom is -0.481 e. The normalized spacial score (nSPS) is 9.79. The van der Waals surface area contributed by atoms with Gasteiger partial charge in [0.2, 0.25) is 0 Å². The molecule has 1 aromatic rings. The molecule has 76 valence electrons. The van der Waals surface area contributed by atoms with Crippen LogP contribution in [0.15, 0.2) is 11.4 Å². The van der Waals surface area contributed by atoms with E-state index >= 15 is 0 Å². The van der Waals surface area contributed by atoms with Crippen molar-refractivity contribution in [3.63, 3.8) is 0 Å². The highest BCUT2D eigenvalue weighted by Gasteiger charge is 2.07. The van der Waals surface area contributed by atoms with Gasteiger partial charge in [-0.05, 0) is 23.4 Å². The minimum atomic E-state index is -0.822. The van der Waals surface area contributed by atoms with Crippen molar-refractivity contribution in [3.05, 3.63) is 21.9 Å². The summed E-state index contributed by atoms with van der Waals surface area (Å²) in [6, 6.07) is 1.73. The highest BCUT2D eigenvalue weighted by Crippen LogP contribution is 2.15. The molecule has 5 heteroatoms. The molecule has 0 aromatic carbocycles. The van der Waals surface area contributed by atoms with Crippen LogP contribution >= 0.6 is 11.3 Å². The van der Waals surface area contributed by atoms with E-state index in [1.807, 2.05) is 5.38 Å². The number of aliphatic carboxylic acids is 1. The van der Waals surface area contributed by atoms with Crippen molar-refractivity contribution in [1.29, 1.82) is 0 Å². The van der Waals surface area contributed by atoms with Gasteiger partial charge in [0.05, 0.1) is 4.88 Å². The van der Waals surface area contributed by atoms with Gasteiger partial charge in [0.15, 0.2) is 0 Å². The van der Waals surface area contributed by atoms with Gasteiger partial charge in [-0.1, -0.05) is 0 Å². The van der Waals surface area contributed by atoms with Crippen LogP contribution < -0.4 is 5.32 Å². The minimum absolute atomic E-state index is 0.101. The van der Waals surface area contributed by atoms with Crippen LogP contribution in [0.2, 0.25) is 0 Å². The second kappa shape index (κ2) is 4.76. The maximum atomic E-state index is 11.1. The smallest absolute Gasteiger partial charge is 0.303 e. The fourth-order valence-corrected chi connectivity index (χ4v) is 1.89. The molecule has 0 aliphatic rings. The first-order valence-corrected chi connectivity index (χ1v) is 5.02. The van der Waals surface area contributed by atoms with Gasteiger partial charge >= 0.3 is 5.97 Å². The largest absolute Gasteiger partial charge is 0.481 e. The molecule has 1 amide bonds. The Morgan fingerprint density at radius 2 is 2.29 bits per heavy atom. The van der Waals surface area contributed by atoms with Crippen molar-refractivity contribution in [2.24, 2.45) is 0 Å². The van der Waals surface area contributed by atoms with Crippen LogP contribution in [0.3, 0.4) is 0 Å². The summed E-state index contributed by atoms with van der Waals surface area (Å²) in [6.45, 7) is 0. The molecule has 0 radical (unpaired) electrons. The van der Waals surface area contributed by atoms with E-state index in [2.05, 4.69) is 5.32 Å². The van der Waals surface area contributed by atoms with Crippen LogP contribution in [0.4, 0.5) is 0 Å². The molecule has 1 rings (SSSR count). The van der Waals surface area contributed by atoms with E-state index < -0.39 is 5.97 Å². The SMILES string of the molecule is CNC(=O)c1cc(CCC(=O)O)cs1. The van der Waals surface area contributed by atoms with Crippen LogP contribution in [0.25, 0.3) is 0 Å². The number of hydrogen-bond donors (Lipinski definition) is 2. The van der Waals surface area contributed by atoms with Crippen molar-refractivity contribution in [2.75, 3.05) is 7.05 Å². The molecule has 0 saturated heterocycles. The number of rotatable bonds is 4. The lowest BCUT2D eigenvalue weighted by Crippen LogP contribution is -2.16. The maximum Gasteiger partial charge on any atom is 0.303 e. The molecule has 1 aromatic heterocycles. The highest BCUT2D eigenvalue weighted by atomic mass is 32.1. The lowest BCUT2D eigenvalue weighted by atomic mass is 10.2. The number of hydrogen-bond acceptors (Lipinski definition) is 3. The number of thiophene rings is 1.